The van der Waals surface area contributed by atoms with E-state index in [9.17, 15) is 14.0 Å². The summed E-state index contributed by atoms with van der Waals surface area (Å²) in [4.78, 5) is 24.7. The van der Waals surface area contributed by atoms with Gasteiger partial charge in [0, 0.05) is 12.0 Å². The zero-order valence-corrected chi connectivity index (χ0v) is 10.6. The van der Waals surface area contributed by atoms with Crippen molar-refractivity contribution in [1.82, 2.24) is 4.90 Å². The number of halogens is 1. The maximum atomic E-state index is 13.2. The number of amides is 2. The molecule has 19 heavy (non-hydrogen) atoms. The average molecular weight is 266 g/mol. The first-order chi connectivity index (χ1) is 9.02. The molecule has 0 saturated carbocycles. The fraction of sp³-hybridized carbons (Fsp3) is 0.385. The number of hydrogen-bond donors (Lipinski definition) is 1. The number of benzene rings is 1. The van der Waals surface area contributed by atoms with Gasteiger partial charge >= 0.3 is 0 Å². The van der Waals surface area contributed by atoms with E-state index in [2.05, 4.69) is 0 Å². The van der Waals surface area contributed by atoms with E-state index in [0.717, 1.165) is 4.90 Å². The van der Waals surface area contributed by atoms with Crippen molar-refractivity contribution >= 4 is 11.8 Å². The lowest BCUT2D eigenvalue weighted by Gasteiger charge is -2.29. The van der Waals surface area contributed by atoms with Gasteiger partial charge in [-0.05, 0) is 24.6 Å². The van der Waals surface area contributed by atoms with Gasteiger partial charge in [0.15, 0.2) is 0 Å². The molecular weight excluding hydrogens is 251 g/mol. The molecule has 0 radical (unpaired) electrons. The summed E-state index contributed by atoms with van der Waals surface area (Å²) < 4.78 is 18.3. The number of carbonyl (C=O) groups excluding carboxylic acids is 2. The Kier molecular flexibility index (Phi) is 3.80. The van der Waals surface area contributed by atoms with Crippen molar-refractivity contribution in [2.45, 2.75) is 25.4 Å². The highest BCUT2D eigenvalue weighted by Crippen LogP contribution is 2.23. The van der Waals surface area contributed by atoms with Crippen LogP contribution in [0.2, 0.25) is 0 Å². The lowest BCUT2D eigenvalue weighted by molar-refractivity contribution is -0.149. The highest BCUT2D eigenvalue weighted by atomic mass is 19.1. The van der Waals surface area contributed by atoms with Gasteiger partial charge in [-0.25, -0.2) is 4.39 Å². The van der Waals surface area contributed by atoms with Crippen LogP contribution < -0.4 is 10.5 Å². The first kappa shape index (κ1) is 13.5. The normalized spacial score (nSPS) is 19.7. The van der Waals surface area contributed by atoms with Gasteiger partial charge in [-0.2, -0.15) is 0 Å². The number of nitrogens with zero attached hydrogens (tertiary/aromatic N) is 1. The predicted octanol–water partition coefficient (Wildman–Crippen LogP) is 0.811. The Labute approximate surface area is 110 Å². The summed E-state index contributed by atoms with van der Waals surface area (Å²) in [5, 5.41) is 0. The topological polar surface area (TPSA) is 72.6 Å². The maximum Gasteiger partial charge on any atom is 0.246 e. The zero-order chi connectivity index (χ0) is 14.0. The Morgan fingerprint density at radius 2 is 2.21 bits per heavy atom. The minimum atomic E-state index is -0.669. The van der Waals surface area contributed by atoms with E-state index >= 15 is 0 Å². The van der Waals surface area contributed by atoms with Gasteiger partial charge in [-0.15, -0.1) is 0 Å². The van der Waals surface area contributed by atoms with Gasteiger partial charge < -0.3 is 10.5 Å². The first-order valence-electron chi connectivity index (χ1n) is 5.95. The van der Waals surface area contributed by atoms with Crippen LogP contribution in [-0.4, -0.2) is 29.9 Å². The highest BCUT2D eigenvalue weighted by Gasteiger charge is 2.32. The summed E-state index contributed by atoms with van der Waals surface area (Å²) in [6.07, 6.45) is 0.582. The third kappa shape index (κ3) is 2.73. The van der Waals surface area contributed by atoms with Crippen molar-refractivity contribution < 1.29 is 18.7 Å². The van der Waals surface area contributed by atoms with Crippen molar-refractivity contribution in [2.75, 3.05) is 7.11 Å². The number of likely N-dealkylation sites (tertiary alicyclic amines) is 1. The van der Waals surface area contributed by atoms with E-state index in [0.29, 0.717) is 17.7 Å². The molecule has 0 aromatic heterocycles. The quantitative estimate of drug-likeness (QED) is 0.822. The summed E-state index contributed by atoms with van der Waals surface area (Å²) in [7, 11) is 1.45. The molecule has 1 heterocycles. The molecule has 1 fully saturated rings. The Hall–Kier alpha value is -1.95. The lowest BCUT2D eigenvalue weighted by atomic mass is 10.0. The molecule has 0 bridgehead atoms. The Bertz CT molecular complexity index is 519. The van der Waals surface area contributed by atoms with E-state index in [1.807, 2.05) is 0 Å². The number of rotatable bonds is 3. The van der Waals surface area contributed by atoms with E-state index in [1.165, 1.54) is 25.3 Å². The van der Waals surface area contributed by atoms with Gasteiger partial charge in [0.05, 0.1) is 19.7 Å². The van der Waals surface area contributed by atoms with E-state index < -0.39 is 17.8 Å². The summed E-state index contributed by atoms with van der Waals surface area (Å²) in [6.45, 7) is -0.0215. The molecule has 1 aromatic rings. The number of ether oxygens (including phenoxy) is 1. The van der Waals surface area contributed by atoms with Gasteiger partial charge in [-0.1, -0.05) is 0 Å². The number of piperidine rings is 1. The highest BCUT2D eigenvalue weighted by molar-refractivity contribution is 6.00. The summed E-state index contributed by atoms with van der Waals surface area (Å²) in [5.41, 5.74) is 6.08. The van der Waals surface area contributed by atoms with Crippen LogP contribution in [0, 0.1) is 5.82 Å². The summed E-state index contributed by atoms with van der Waals surface area (Å²) >= 11 is 0. The third-order valence-corrected chi connectivity index (χ3v) is 3.12. The molecule has 6 heteroatoms. The monoisotopic (exact) mass is 266 g/mol. The van der Waals surface area contributed by atoms with E-state index in [4.69, 9.17) is 10.5 Å². The van der Waals surface area contributed by atoms with Crippen molar-refractivity contribution in [1.29, 1.82) is 0 Å². The van der Waals surface area contributed by atoms with Crippen LogP contribution in [0.5, 0.6) is 5.75 Å². The van der Waals surface area contributed by atoms with Crippen LogP contribution in [0.25, 0.3) is 0 Å². The number of imide groups is 1. The minimum Gasteiger partial charge on any atom is -0.496 e. The van der Waals surface area contributed by atoms with Crippen LogP contribution in [-0.2, 0) is 16.1 Å². The number of hydrogen-bond acceptors (Lipinski definition) is 4. The number of methoxy groups -OCH3 is 1. The molecule has 1 atom stereocenters. The van der Waals surface area contributed by atoms with Crippen LogP contribution in [0.4, 0.5) is 4.39 Å². The Morgan fingerprint density at radius 1 is 1.47 bits per heavy atom. The molecular formula is C13H15FN2O3. The van der Waals surface area contributed by atoms with Gasteiger partial charge in [0.2, 0.25) is 11.8 Å². The molecule has 5 nitrogen and oxygen atoms in total. The molecule has 2 N–H and O–H groups in total. The van der Waals surface area contributed by atoms with E-state index in [1.54, 1.807) is 0 Å². The van der Waals surface area contributed by atoms with Crippen molar-refractivity contribution in [2.24, 2.45) is 5.73 Å². The van der Waals surface area contributed by atoms with Crippen molar-refractivity contribution in [3.05, 3.63) is 29.6 Å². The van der Waals surface area contributed by atoms with Crippen LogP contribution in [0.1, 0.15) is 18.4 Å². The molecule has 2 rings (SSSR count). The smallest absolute Gasteiger partial charge is 0.246 e. The SMILES string of the molecule is COc1ccc(F)cc1CN1C(=O)CCC(N)C1=O. The van der Waals surface area contributed by atoms with Crippen molar-refractivity contribution in [3.8, 4) is 5.75 Å². The summed E-state index contributed by atoms with van der Waals surface area (Å²) in [6, 6.07) is 3.30. The molecule has 2 amide bonds. The lowest BCUT2D eigenvalue weighted by Crippen LogP contribution is -2.50. The molecule has 1 saturated heterocycles. The first-order valence-corrected chi connectivity index (χ1v) is 5.95. The minimum absolute atomic E-state index is 0.0215. The molecule has 0 aliphatic carbocycles. The number of carbonyl (C=O) groups is 2. The maximum absolute atomic E-state index is 13.2. The molecule has 1 aliphatic rings. The predicted molar refractivity (Wildman–Crippen MR) is 65.7 cm³/mol. The Balaban J connectivity index is 2.26. The molecule has 1 aromatic carbocycles. The van der Waals surface area contributed by atoms with Crippen LogP contribution in [0.15, 0.2) is 18.2 Å². The fourth-order valence-electron chi connectivity index (χ4n) is 2.07. The standard InChI is InChI=1S/C13H15FN2O3/c1-19-11-4-2-9(14)6-8(11)7-16-12(17)5-3-10(15)13(16)18/h2,4,6,10H,3,5,7,15H2,1H3. The molecule has 102 valence electrons. The fourth-order valence-corrected chi connectivity index (χ4v) is 2.07. The second-order valence-electron chi connectivity index (χ2n) is 4.42. The average Bonchev–Trinajstić information content (AvgIpc) is 2.39. The van der Waals surface area contributed by atoms with Crippen molar-refractivity contribution in [3.63, 3.8) is 0 Å². The van der Waals surface area contributed by atoms with Crippen LogP contribution in [0.3, 0.4) is 0 Å². The summed E-state index contributed by atoms with van der Waals surface area (Å²) in [5.74, 6) is -0.737. The number of nitrogens with two attached hydrogens (primary N) is 1. The zero-order valence-electron chi connectivity index (χ0n) is 10.6. The van der Waals surface area contributed by atoms with Gasteiger partial charge in [-0.3, -0.25) is 14.5 Å². The molecule has 1 unspecified atom stereocenters. The third-order valence-electron chi connectivity index (χ3n) is 3.12. The van der Waals surface area contributed by atoms with Crippen LogP contribution >= 0.6 is 0 Å². The Morgan fingerprint density at radius 3 is 2.89 bits per heavy atom. The second kappa shape index (κ2) is 5.36. The van der Waals surface area contributed by atoms with Gasteiger partial charge in [0.25, 0.3) is 0 Å². The van der Waals surface area contributed by atoms with E-state index in [-0.39, 0.29) is 18.9 Å². The second-order valence-corrected chi connectivity index (χ2v) is 4.42. The molecule has 0 spiro atoms. The van der Waals surface area contributed by atoms with Gasteiger partial charge in [0.1, 0.15) is 11.6 Å². The molecule has 1 aliphatic heterocycles. The largest absolute Gasteiger partial charge is 0.496 e.